The van der Waals surface area contributed by atoms with Gasteiger partial charge < -0.3 is 10.3 Å². The van der Waals surface area contributed by atoms with Crippen LogP contribution in [0.4, 0.5) is 11.6 Å². The molecule has 0 radical (unpaired) electrons. The predicted molar refractivity (Wildman–Crippen MR) is 94.3 cm³/mol. The Morgan fingerprint density at radius 2 is 2.13 bits per heavy atom. The van der Waals surface area contributed by atoms with E-state index in [-0.39, 0.29) is 0 Å². The van der Waals surface area contributed by atoms with Gasteiger partial charge in [-0.1, -0.05) is 17.7 Å². The zero-order valence-corrected chi connectivity index (χ0v) is 13.0. The molecule has 1 aliphatic rings. The van der Waals surface area contributed by atoms with Gasteiger partial charge in [-0.3, -0.25) is 4.99 Å². The van der Waals surface area contributed by atoms with E-state index in [2.05, 4.69) is 31.3 Å². The fourth-order valence-corrected chi connectivity index (χ4v) is 2.85. The molecule has 0 atom stereocenters. The standard InChI is InChI=1S/C17H14ClN5/c18-13-9-11(10-16-12(13)4-7-20-16)22-17-21-8-5-15(23-17)14-3-1-2-6-19-14/h3-10,20H,1-2H2,(H,21,22,23). The number of fused-ring (bicyclic) bond motifs is 1. The van der Waals surface area contributed by atoms with E-state index in [0.29, 0.717) is 11.0 Å². The van der Waals surface area contributed by atoms with E-state index in [1.54, 1.807) is 6.20 Å². The summed E-state index contributed by atoms with van der Waals surface area (Å²) in [6.07, 6.45) is 9.58. The molecule has 23 heavy (non-hydrogen) atoms. The lowest BCUT2D eigenvalue weighted by molar-refractivity contribution is 1.07. The summed E-state index contributed by atoms with van der Waals surface area (Å²) in [5.74, 6) is 0.520. The summed E-state index contributed by atoms with van der Waals surface area (Å²) in [7, 11) is 0. The Hall–Kier alpha value is -2.66. The second kappa shape index (κ2) is 5.85. The van der Waals surface area contributed by atoms with E-state index in [1.807, 2.05) is 36.7 Å². The first kappa shape index (κ1) is 14.0. The highest BCUT2D eigenvalue weighted by Gasteiger charge is 2.08. The van der Waals surface area contributed by atoms with E-state index >= 15 is 0 Å². The second-order valence-corrected chi connectivity index (χ2v) is 5.67. The molecule has 0 unspecified atom stereocenters. The zero-order valence-electron chi connectivity index (χ0n) is 12.3. The minimum atomic E-state index is 0.520. The molecule has 5 nitrogen and oxygen atoms in total. The number of hydrogen-bond acceptors (Lipinski definition) is 4. The van der Waals surface area contributed by atoms with Gasteiger partial charge >= 0.3 is 0 Å². The Kier molecular flexibility index (Phi) is 3.55. The van der Waals surface area contributed by atoms with Crippen LogP contribution in [0.3, 0.4) is 0 Å². The van der Waals surface area contributed by atoms with Crippen molar-refractivity contribution < 1.29 is 0 Å². The minimum absolute atomic E-state index is 0.520. The summed E-state index contributed by atoms with van der Waals surface area (Å²) >= 11 is 6.29. The largest absolute Gasteiger partial charge is 0.361 e. The first-order valence-corrected chi connectivity index (χ1v) is 7.77. The lowest BCUT2D eigenvalue weighted by Gasteiger charge is -2.09. The van der Waals surface area contributed by atoms with Crippen molar-refractivity contribution in [1.29, 1.82) is 0 Å². The topological polar surface area (TPSA) is 66.0 Å². The lowest BCUT2D eigenvalue weighted by atomic mass is 10.2. The quantitative estimate of drug-likeness (QED) is 0.742. The number of rotatable bonds is 3. The third kappa shape index (κ3) is 2.83. The predicted octanol–water partition coefficient (Wildman–Crippen LogP) is 4.56. The number of aliphatic imine (C=N–C) groups is 1. The monoisotopic (exact) mass is 323 g/mol. The molecule has 4 rings (SSSR count). The third-order valence-electron chi connectivity index (χ3n) is 3.66. The van der Waals surface area contributed by atoms with Crippen molar-refractivity contribution in [2.24, 2.45) is 4.99 Å². The van der Waals surface area contributed by atoms with Crippen molar-refractivity contribution in [3.05, 3.63) is 53.5 Å². The Balaban J connectivity index is 1.65. The highest BCUT2D eigenvalue weighted by atomic mass is 35.5. The SMILES string of the molecule is Clc1cc(Nc2nccc(C3=CCCC=N3)n2)cc2[nH]ccc12. The van der Waals surface area contributed by atoms with Gasteiger partial charge in [-0.25, -0.2) is 9.97 Å². The van der Waals surface area contributed by atoms with Crippen LogP contribution in [-0.4, -0.2) is 21.2 Å². The maximum atomic E-state index is 6.29. The number of aromatic amines is 1. The molecule has 6 heteroatoms. The average molecular weight is 324 g/mol. The Labute approximate surface area is 138 Å². The molecule has 0 fully saturated rings. The van der Waals surface area contributed by atoms with E-state index in [4.69, 9.17) is 11.6 Å². The molecule has 1 aromatic carbocycles. The van der Waals surface area contributed by atoms with Crippen LogP contribution in [0.15, 0.2) is 47.7 Å². The average Bonchev–Trinajstić information content (AvgIpc) is 3.05. The first-order valence-electron chi connectivity index (χ1n) is 7.39. The smallest absolute Gasteiger partial charge is 0.227 e. The Bertz CT molecular complexity index is 926. The number of nitrogens with one attached hydrogen (secondary N) is 2. The van der Waals surface area contributed by atoms with Crippen LogP contribution in [0.25, 0.3) is 16.6 Å². The third-order valence-corrected chi connectivity index (χ3v) is 3.97. The molecule has 3 heterocycles. The molecule has 0 aliphatic carbocycles. The summed E-state index contributed by atoms with van der Waals surface area (Å²) in [6.45, 7) is 0. The number of aromatic nitrogens is 3. The Morgan fingerprint density at radius 1 is 1.17 bits per heavy atom. The fourth-order valence-electron chi connectivity index (χ4n) is 2.57. The first-order chi connectivity index (χ1) is 11.3. The van der Waals surface area contributed by atoms with Crippen molar-refractivity contribution in [2.75, 3.05) is 5.32 Å². The normalized spacial score (nSPS) is 14.0. The summed E-state index contributed by atoms with van der Waals surface area (Å²) in [5.41, 5.74) is 3.50. The van der Waals surface area contributed by atoms with Crippen LogP contribution < -0.4 is 5.32 Å². The maximum absolute atomic E-state index is 6.29. The summed E-state index contributed by atoms with van der Waals surface area (Å²) in [5, 5.41) is 4.88. The van der Waals surface area contributed by atoms with Crippen LogP contribution in [-0.2, 0) is 0 Å². The molecule has 0 spiro atoms. The number of hydrogen-bond donors (Lipinski definition) is 2. The zero-order chi connectivity index (χ0) is 15.6. The van der Waals surface area contributed by atoms with Gasteiger partial charge in [-0.2, -0.15) is 0 Å². The van der Waals surface area contributed by atoms with E-state index < -0.39 is 0 Å². The molecule has 0 bridgehead atoms. The molecular weight excluding hydrogens is 310 g/mol. The molecule has 2 N–H and O–H groups in total. The molecule has 2 aromatic heterocycles. The van der Waals surface area contributed by atoms with Crippen molar-refractivity contribution in [3.63, 3.8) is 0 Å². The van der Waals surface area contributed by atoms with Crippen molar-refractivity contribution in [1.82, 2.24) is 15.0 Å². The van der Waals surface area contributed by atoms with Gasteiger partial charge in [0, 0.05) is 35.2 Å². The van der Waals surface area contributed by atoms with Gasteiger partial charge in [0.25, 0.3) is 0 Å². The molecule has 1 aliphatic heterocycles. The van der Waals surface area contributed by atoms with Crippen LogP contribution in [0.2, 0.25) is 5.02 Å². The van der Waals surface area contributed by atoms with Crippen molar-refractivity contribution >= 4 is 46.1 Å². The van der Waals surface area contributed by atoms with Crippen LogP contribution in [0.5, 0.6) is 0 Å². The highest BCUT2D eigenvalue weighted by molar-refractivity contribution is 6.35. The highest BCUT2D eigenvalue weighted by Crippen LogP contribution is 2.28. The summed E-state index contributed by atoms with van der Waals surface area (Å²) in [6, 6.07) is 7.66. The molecule has 0 amide bonds. The maximum Gasteiger partial charge on any atom is 0.227 e. The molecule has 114 valence electrons. The summed E-state index contributed by atoms with van der Waals surface area (Å²) < 4.78 is 0. The van der Waals surface area contributed by atoms with Crippen LogP contribution >= 0.6 is 11.6 Å². The Morgan fingerprint density at radius 3 is 3.00 bits per heavy atom. The van der Waals surface area contributed by atoms with Gasteiger partial charge in [0.05, 0.1) is 16.4 Å². The number of benzene rings is 1. The van der Waals surface area contributed by atoms with E-state index in [0.717, 1.165) is 40.8 Å². The number of allylic oxidation sites excluding steroid dienone is 1. The van der Waals surface area contributed by atoms with Crippen molar-refractivity contribution in [2.45, 2.75) is 12.8 Å². The molecule has 0 saturated carbocycles. The van der Waals surface area contributed by atoms with E-state index in [1.165, 1.54) is 0 Å². The van der Waals surface area contributed by atoms with Crippen LogP contribution in [0, 0.1) is 0 Å². The molecule has 0 saturated heterocycles. The van der Waals surface area contributed by atoms with Gasteiger partial charge in [0.1, 0.15) is 0 Å². The number of halogens is 1. The van der Waals surface area contributed by atoms with Crippen LogP contribution in [0.1, 0.15) is 18.5 Å². The van der Waals surface area contributed by atoms with E-state index in [9.17, 15) is 0 Å². The van der Waals surface area contributed by atoms with Gasteiger partial charge in [-0.15, -0.1) is 0 Å². The minimum Gasteiger partial charge on any atom is -0.361 e. The lowest BCUT2D eigenvalue weighted by Crippen LogP contribution is -2.00. The van der Waals surface area contributed by atoms with Gasteiger partial charge in [0.2, 0.25) is 5.95 Å². The number of H-pyrrole nitrogens is 1. The second-order valence-electron chi connectivity index (χ2n) is 5.27. The summed E-state index contributed by atoms with van der Waals surface area (Å²) in [4.78, 5) is 16.3. The van der Waals surface area contributed by atoms with Gasteiger partial charge in [0.15, 0.2) is 0 Å². The number of anilines is 2. The number of nitrogens with zero attached hydrogens (tertiary/aromatic N) is 3. The van der Waals surface area contributed by atoms with Gasteiger partial charge in [-0.05, 0) is 37.1 Å². The molecule has 3 aromatic rings. The van der Waals surface area contributed by atoms with Crippen molar-refractivity contribution in [3.8, 4) is 0 Å². The fraction of sp³-hybridized carbons (Fsp3) is 0.118. The molecular formula is C17H14ClN5.